The summed E-state index contributed by atoms with van der Waals surface area (Å²) < 4.78 is 10.8. The summed E-state index contributed by atoms with van der Waals surface area (Å²) in [6, 6.07) is 10.2. The zero-order valence-electron chi connectivity index (χ0n) is 12.3. The third kappa shape index (κ3) is 3.09. The lowest BCUT2D eigenvalue weighted by Crippen LogP contribution is -2.07. The molecule has 0 aliphatic heterocycles. The third-order valence-corrected chi connectivity index (χ3v) is 4.32. The van der Waals surface area contributed by atoms with Crippen molar-refractivity contribution in [3.05, 3.63) is 67.4 Å². The van der Waals surface area contributed by atoms with Gasteiger partial charge in [0.25, 0.3) is 0 Å². The van der Waals surface area contributed by atoms with E-state index >= 15 is 0 Å². The van der Waals surface area contributed by atoms with Gasteiger partial charge in [0.2, 0.25) is 0 Å². The molecule has 0 unspecified atom stereocenters. The van der Waals surface area contributed by atoms with E-state index in [0.29, 0.717) is 29.9 Å². The minimum atomic E-state index is -0.458. The van der Waals surface area contributed by atoms with Crippen molar-refractivity contribution >= 4 is 27.3 Å². The molecule has 0 aliphatic rings. The lowest BCUT2D eigenvalue weighted by Gasteiger charge is -2.06. The molecule has 7 heteroatoms. The summed E-state index contributed by atoms with van der Waals surface area (Å²) in [7, 11) is 0. The number of nitrogens with zero attached hydrogens (tertiary/aromatic N) is 1. The van der Waals surface area contributed by atoms with Gasteiger partial charge in [-0.3, -0.25) is 10.1 Å². The molecular weight excluding hydrogens is 318 g/mol. The maximum absolute atomic E-state index is 12.2. The highest BCUT2D eigenvalue weighted by atomic mass is 32.1. The number of hydrogen-bond acceptors (Lipinski definition) is 6. The van der Waals surface area contributed by atoms with Crippen LogP contribution in [0.15, 0.2) is 45.6 Å². The monoisotopic (exact) mass is 331 g/mol. The van der Waals surface area contributed by atoms with Crippen LogP contribution in [0.5, 0.6) is 5.75 Å². The normalized spacial score (nSPS) is 10.8. The highest BCUT2D eigenvalue weighted by Crippen LogP contribution is 2.28. The summed E-state index contributed by atoms with van der Waals surface area (Å²) in [5.41, 5.74) is 0.420. The van der Waals surface area contributed by atoms with Gasteiger partial charge in [0.1, 0.15) is 0 Å². The van der Waals surface area contributed by atoms with E-state index in [9.17, 15) is 14.9 Å². The van der Waals surface area contributed by atoms with Crippen molar-refractivity contribution in [2.75, 3.05) is 6.61 Å². The molecule has 6 nitrogen and oxygen atoms in total. The first kappa shape index (κ1) is 15.2. The van der Waals surface area contributed by atoms with E-state index in [4.69, 9.17) is 9.15 Å². The predicted molar refractivity (Wildman–Crippen MR) is 87.4 cm³/mol. The molecule has 0 amide bonds. The number of nitro groups is 1. The third-order valence-electron chi connectivity index (χ3n) is 3.29. The zero-order valence-corrected chi connectivity index (χ0v) is 13.1. The van der Waals surface area contributed by atoms with Crippen LogP contribution in [0, 0.1) is 10.1 Å². The first-order chi connectivity index (χ1) is 11.1. The number of para-hydroxylation sites is 1. The smallest absolute Gasteiger partial charge is 0.339 e. The first-order valence-corrected chi connectivity index (χ1v) is 7.81. The second kappa shape index (κ2) is 6.21. The van der Waals surface area contributed by atoms with Crippen LogP contribution >= 0.6 is 11.3 Å². The molecule has 0 bridgehead atoms. The van der Waals surface area contributed by atoms with Crippen LogP contribution in [0.2, 0.25) is 0 Å². The van der Waals surface area contributed by atoms with Crippen molar-refractivity contribution < 1.29 is 14.1 Å². The van der Waals surface area contributed by atoms with Crippen molar-refractivity contribution in [2.45, 2.75) is 13.3 Å². The Morgan fingerprint density at radius 2 is 2.13 bits per heavy atom. The maximum atomic E-state index is 12.2. The molecule has 0 saturated carbocycles. The molecule has 2 aromatic heterocycles. The SMILES string of the molecule is CCOc1cccc2cc(Cc3ccc([N+](=O)[O-])s3)c(=O)oc12. The molecule has 0 spiro atoms. The number of fused-ring (bicyclic) bond motifs is 1. The molecule has 0 aliphatic carbocycles. The Morgan fingerprint density at radius 1 is 1.30 bits per heavy atom. The van der Waals surface area contributed by atoms with Gasteiger partial charge in [-0.1, -0.05) is 23.5 Å². The van der Waals surface area contributed by atoms with Gasteiger partial charge in [0, 0.05) is 28.3 Å². The zero-order chi connectivity index (χ0) is 16.4. The fraction of sp³-hybridized carbons (Fsp3) is 0.188. The summed E-state index contributed by atoms with van der Waals surface area (Å²) in [6.07, 6.45) is 0.301. The Kier molecular flexibility index (Phi) is 4.12. The van der Waals surface area contributed by atoms with Crippen molar-refractivity contribution in [1.29, 1.82) is 0 Å². The Labute approximate surface area is 135 Å². The molecule has 1 aromatic carbocycles. The van der Waals surface area contributed by atoms with Crippen molar-refractivity contribution in [3.8, 4) is 5.75 Å². The minimum Gasteiger partial charge on any atom is -0.490 e. The number of thiophene rings is 1. The van der Waals surface area contributed by atoms with Crippen LogP contribution in [0.3, 0.4) is 0 Å². The fourth-order valence-corrected chi connectivity index (χ4v) is 3.14. The van der Waals surface area contributed by atoms with Crippen molar-refractivity contribution in [3.63, 3.8) is 0 Å². The van der Waals surface area contributed by atoms with Crippen LogP contribution in [-0.2, 0) is 6.42 Å². The topological polar surface area (TPSA) is 82.6 Å². The summed E-state index contributed by atoms with van der Waals surface area (Å²) in [6.45, 7) is 2.33. The molecule has 0 N–H and O–H groups in total. The van der Waals surface area contributed by atoms with Crippen molar-refractivity contribution in [2.24, 2.45) is 0 Å². The summed E-state index contributed by atoms with van der Waals surface area (Å²) >= 11 is 1.06. The number of rotatable bonds is 5. The molecule has 23 heavy (non-hydrogen) atoms. The lowest BCUT2D eigenvalue weighted by atomic mass is 10.1. The summed E-state index contributed by atoms with van der Waals surface area (Å²) in [5.74, 6) is 0.528. The number of hydrogen-bond donors (Lipinski definition) is 0. The Hall–Kier alpha value is -2.67. The number of ether oxygens (including phenoxy) is 1. The van der Waals surface area contributed by atoms with Gasteiger partial charge in [0.05, 0.1) is 11.5 Å². The molecule has 0 radical (unpaired) electrons. The molecule has 0 atom stereocenters. The lowest BCUT2D eigenvalue weighted by molar-refractivity contribution is -0.380. The van der Waals surface area contributed by atoms with Crippen LogP contribution in [0.25, 0.3) is 11.0 Å². The van der Waals surface area contributed by atoms with E-state index in [1.165, 1.54) is 6.07 Å². The molecule has 2 heterocycles. The van der Waals surface area contributed by atoms with Gasteiger partial charge in [-0.25, -0.2) is 4.79 Å². The Morgan fingerprint density at radius 3 is 2.83 bits per heavy atom. The van der Waals surface area contributed by atoms with Gasteiger partial charge in [-0.05, 0) is 25.1 Å². The van der Waals surface area contributed by atoms with E-state index in [1.54, 1.807) is 18.2 Å². The average molecular weight is 331 g/mol. The van der Waals surface area contributed by atoms with Gasteiger partial charge >= 0.3 is 10.6 Å². The van der Waals surface area contributed by atoms with E-state index in [1.807, 2.05) is 19.1 Å². The molecular formula is C16H13NO5S. The second-order valence-corrected chi connectivity index (χ2v) is 5.99. The molecule has 3 rings (SSSR count). The quantitative estimate of drug-likeness (QED) is 0.404. The van der Waals surface area contributed by atoms with Crippen LogP contribution in [0.1, 0.15) is 17.4 Å². The molecule has 118 valence electrons. The highest BCUT2D eigenvalue weighted by Gasteiger charge is 2.14. The summed E-state index contributed by atoms with van der Waals surface area (Å²) in [4.78, 5) is 23.2. The maximum Gasteiger partial charge on any atom is 0.339 e. The second-order valence-electron chi connectivity index (χ2n) is 4.84. The Bertz CT molecular complexity index is 928. The van der Waals surface area contributed by atoms with Crippen LogP contribution < -0.4 is 10.4 Å². The van der Waals surface area contributed by atoms with Crippen LogP contribution in [-0.4, -0.2) is 11.5 Å². The Balaban J connectivity index is 1.99. The van der Waals surface area contributed by atoms with E-state index in [2.05, 4.69) is 0 Å². The van der Waals surface area contributed by atoms with Gasteiger partial charge in [0.15, 0.2) is 11.3 Å². The van der Waals surface area contributed by atoms with E-state index in [-0.39, 0.29) is 5.00 Å². The highest BCUT2D eigenvalue weighted by molar-refractivity contribution is 7.15. The average Bonchev–Trinajstić information content (AvgIpc) is 2.98. The van der Waals surface area contributed by atoms with Crippen molar-refractivity contribution in [1.82, 2.24) is 0 Å². The largest absolute Gasteiger partial charge is 0.490 e. The molecule has 0 fully saturated rings. The number of benzene rings is 1. The standard InChI is InChI=1S/C16H13NO5S/c1-2-21-13-5-3-4-10-8-11(16(18)22-15(10)13)9-12-6-7-14(23-12)17(19)20/h3-8H,2,9H2,1H3. The summed E-state index contributed by atoms with van der Waals surface area (Å²) in [5, 5.41) is 11.5. The van der Waals surface area contributed by atoms with E-state index < -0.39 is 10.5 Å². The van der Waals surface area contributed by atoms with Crippen LogP contribution in [0.4, 0.5) is 5.00 Å². The first-order valence-electron chi connectivity index (χ1n) is 7.00. The van der Waals surface area contributed by atoms with E-state index in [0.717, 1.165) is 21.6 Å². The minimum absolute atomic E-state index is 0.0591. The fourth-order valence-electron chi connectivity index (χ4n) is 2.30. The van der Waals surface area contributed by atoms with Gasteiger partial charge < -0.3 is 9.15 Å². The molecule has 0 saturated heterocycles. The molecule has 3 aromatic rings. The predicted octanol–water partition coefficient (Wildman–Crippen LogP) is 3.75. The van der Waals surface area contributed by atoms with Gasteiger partial charge in [-0.2, -0.15) is 0 Å². The van der Waals surface area contributed by atoms with Gasteiger partial charge in [-0.15, -0.1) is 0 Å².